The van der Waals surface area contributed by atoms with Crippen molar-refractivity contribution in [2.75, 3.05) is 13.1 Å². The molecule has 3 aromatic rings. The van der Waals surface area contributed by atoms with Crippen LogP contribution in [0.15, 0.2) is 22.9 Å². The fourth-order valence-corrected chi connectivity index (χ4v) is 4.17. The Bertz CT molecular complexity index is 1120. The van der Waals surface area contributed by atoms with Gasteiger partial charge in [-0.1, -0.05) is 19.0 Å². The monoisotopic (exact) mass is 449 g/mol. The number of alkyl halides is 3. The second kappa shape index (κ2) is 8.55. The summed E-state index contributed by atoms with van der Waals surface area (Å²) in [6.45, 7) is 6.78. The Morgan fingerprint density at radius 2 is 2.12 bits per heavy atom. The van der Waals surface area contributed by atoms with Gasteiger partial charge in [0.2, 0.25) is 5.91 Å². The summed E-state index contributed by atoms with van der Waals surface area (Å²) < 4.78 is 48.6. The number of amides is 1. The van der Waals surface area contributed by atoms with E-state index >= 15 is 0 Å². The van der Waals surface area contributed by atoms with Gasteiger partial charge in [-0.15, -0.1) is 0 Å². The van der Waals surface area contributed by atoms with Gasteiger partial charge in [-0.25, -0.2) is 4.98 Å². The Hall–Kier alpha value is -2.91. The van der Waals surface area contributed by atoms with Crippen LogP contribution in [-0.4, -0.2) is 43.8 Å². The van der Waals surface area contributed by atoms with Gasteiger partial charge in [-0.3, -0.25) is 9.48 Å². The molecule has 172 valence electrons. The molecule has 1 atom stereocenters. The van der Waals surface area contributed by atoms with E-state index in [1.807, 2.05) is 19.2 Å². The minimum absolute atomic E-state index is 0.0492. The number of nitrogens with zero attached hydrogens (tertiary/aromatic N) is 5. The minimum atomic E-state index is -4.56. The normalized spacial score (nSPS) is 17.5. The highest BCUT2D eigenvalue weighted by Gasteiger charge is 2.38. The summed E-state index contributed by atoms with van der Waals surface area (Å²) in [4.78, 5) is 18.7. The lowest BCUT2D eigenvalue weighted by Gasteiger charge is -2.32. The zero-order valence-corrected chi connectivity index (χ0v) is 18.3. The number of halogens is 3. The van der Waals surface area contributed by atoms with Crippen LogP contribution in [0, 0.1) is 6.92 Å². The summed E-state index contributed by atoms with van der Waals surface area (Å²) in [7, 11) is 0. The van der Waals surface area contributed by atoms with Crippen LogP contribution in [-0.2, 0) is 17.5 Å². The van der Waals surface area contributed by atoms with Gasteiger partial charge in [0, 0.05) is 43.9 Å². The molecular formula is C22H26F3N5O2. The van der Waals surface area contributed by atoms with Crippen molar-refractivity contribution in [1.82, 2.24) is 24.8 Å². The highest BCUT2D eigenvalue weighted by molar-refractivity contribution is 5.82. The number of aromatic nitrogens is 4. The molecule has 32 heavy (non-hydrogen) atoms. The molecule has 1 amide bonds. The van der Waals surface area contributed by atoms with Crippen molar-refractivity contribution < 1.29 is 22.5 Å². The summed E-state index contributed by atoms with van der Waals surface area (Å²) in [6, 6.07) is 2.96. The predicted octanol–water partition coefficient (Wildman–Crippen LogP) is 4.67. The molecule has 0 spiro atoms. The van der Waals surface area contributed by atoms with E-state index in [9.17, 15) is 18.0 Å². The number of aryl methyl sites for hydroxylation is 2. The van der Waals surface area contributed by atoms with Crippen LogP contribution >= 0.6 is 0 Å². The Balaban J connectivity index is 1.57. The molecule has 0 radical (unpaired) electrons. The zero-order chi connectivity index (χ0) is 23.0. The summed E-state index contributed by atoms with van der Waals surface area (Å²) in [5.41, 5.74) is 0.538. The molecule has 0 N–H and O–H groups in total. The molecule has 4 heterocycles. The van der Waals surface area contributed by atoms with E-state index in [4.69, 9.17) is 4.52 Å². The van der Waals surface area contributed by atoms with Crippen LogP contribution in [0.1, 0.15) is 67.6 Å². The molecule has 1 aliphatic heterocycles. The first-order valence-electron chi connectivity index (χ1n) is 10.8. The second-order valence-electron chi connectivity index (χ2n) is 8.64. The van der Waals surface area contributed by atoms with Gasteiger partial charge in [-0.2, -0.15) is 18.3 Å². The Labute approximate surface area is 183 Å². The number of hydrogen-bond acceptors (Lipinski definition) is 5. The molecule has 0 aromatic carbocycles. The summed E-state index contributed by atoms with van der Waals surface area (Å²) in [6.07, 6.45) is -1.14. The summed E-state index contributed by atoms with van der Waals surface area (Å²) >= 11 is 0. The molecule has 0 saturated carbocycles. The van der Waals surface area contributed by atoms with Gasteiger partial charge in [0.25, 0.3) is 5.71 Å². The molecule has 3 aromatic heterocycles. The number of carbonyl (C=O) groups is 1. The molecule has 10 heteroatoms. The van der Waals surface area contributed by atoms with Crippen molar-refractivity contribution in [1.29, 1.82) is 0 Å². The van der Waals surface area contributed by atoms with E-state index in [2.05, 4.69) is 15.2 Å². The molecular weight excluding hydrogens is 423 g/mol. The average Bonchev–Trinajstić information content (AvgIpc) is 3.36. The molecule has 4 rings (SSSR count). The van der Waals surface area contributed by atoms with Crippen molar-refractivity contribution in [3.8, 4) is 0 Å². The third-order valence-corrected chi connectivity index (χ3v) is 5.88. The van der Waals surface area contributed by atoms with Crippen LogP contribution in [0.2, 0.25) is 0 Å². The Kier molecular flexibility index (Phi) is 5.96. The summed E-state index contributed by atoms with van der Waals surface area (Å²) in [5.74, 6) is -0.573. The van der Waals surface area contributed by atoms with Gasteiger partial charge < -0.3 is 9.42 Å². The van der Waals surface area contributed by atoms with E-state index in [1.54, 1.807) is 23.4 Å². The molecule has 1 saturated heterocycles. The number of rotatable bonds is 5. The smallest absolute Gasteiger partial charge is 0.342 e. The molecule has 1 aliphatic rings. The third-order valence-electron chi connectivity index (χ3n) is 5.88. The van der Waals surface area contributed by atoms with Crippen molar-refractivity contribution in [2.24, 2.45) is 0 Å². The summed E-state index contributed by atoms with van der Waals surface area (Å²) in [5, 5.41) is 8.18. The largest absolute Gasteiger partial charge is 0.417 e. The van der Waals surface area contributed by atoms with E-state index in [0.717, 1.165) is 11.8 Å². The van der Waals surface area contributed by atoms with Gasteiger partial charge in [0.1, 0.15) is 0 Å². The van der Waals surface area contributed by atoms with Crippen molar-refractivity contribution in [3.05, 3.63) is 41.0 Å². The average molecular weight is 449 g/mol. The van der Waals surface area contributed by atoms with Gasteiger partial charge in [0.15, 0.2) is 0 Å². The lowest BCUT2D eigenvalue weighted by molar-refractivity contribution is -0.136. The van der Waals surface area contributed by atoms with Crippen molar-refractivity contribution in [3.63, 3.8) is 0 Å². The highest BCUT2D eigenvalue weighted by atomic mass is 19.4. The van der Waals surface area contributed by atoms with Gasteiger partial charge in [0.05, 0.1) is 22.3 Å². The minimum Gasteiger partial charge on any atom is -0.342 e. The Morgan fingerprint density at radius 3 is 2.78 bits per heavy atom. The van der Waals surface area contributed by atoms with Crippen molar-refractivity contribution >= 4 is 17.0 Å². The van der Waals surface area contributed by atoms with Gasteiger partial charge in [-0.05, 0) is 37.8 Å². The quantitative estimate of drug-likeness (QED) is 0.566. The number of likely N-dealkylation sites (tertiary alicyclic amines) is 1. The van der Waals surface area contributed by atoms with Crippen LogP contribution in [0.25, 0.3) is 11.1 Å². The SMILES string of the molecule is Cc1ccn(CCC(=O)N2CCC[C@H](c3noc4nc(C(C)C)cc(C(F)(F)F)c34)C2)n1. The van der Waals surface area contributed by atoms with E-state index < -0.39 is 11.7 Å². The fourth-order valence-electron chi connectivity index (χ4n) is 4.17. The zero-order valence-electron chi connectivity index (χ0n) is 18.3. The van der Waals surface area contributed by atoms with Crippen LogP contribution < -0.4 is 0 Å². The number of pyridine rings is 1. The van der Waals surface area contributed by atoms with E-state index in [1.165, 1.54) is 0 Å². The maximum absolute atomic E-state index is 13.9. The number of carbonyl (C=O) groups excluding carboxylic acids is 1. The van der Waals surface area contributed by atoms with E-state index in [0.29, 0.717) is 38.2 Å². The van der Waals surface area contributed by atoms with Crippen LogP contribution in [0.5, 0.6) is 0 Å². The fraction of sp³-hybridized carbons (Fsp3) is 0.545. The molecule has 1 fully saturated rings. The maximum atomic E-state index is 13.9. The van der Waals surface area contributed by atoms with E-state index in [-0.39, 0.29) is 41.0 Å². The second-order valence-corrected chi connectivity index (χ2v) is 8.64. The topological polar surface area (TPSA) is 77.0 Å². The van der Waals surface area contributed by atoms with Crippen LogP contribution in [0.3, 0.4) is 0 Å². The molecule has 0 aliphatic carbocycles. The lowest BCUT2D eigenvalue weighted by Crippen LogP contribution is -2.39. The molecule has 7 nitrogen and oxygen atoms in total. The van der Waals surface area contributed by atoms with Crippen molar-refractivity contribution in [2.45, 2.75) is 64.6 Å². The highest BCUT2D eigenvalue weighted by Crippen LogP contribution is 2.40. The first-order chi connectivity index (χ1) is 15.1. The first-order valence-corrected chi connectivity index (χ1v) is 10.8. The Morgan fingerprint density at radius 1 is 1.34 bits per heavy atom. The number of piperidine rings is 1. The number of hydrogen-bond donors (Lipinski definition) is 0. The molecule has 0 bridgehead atoms. The molecule has 0 unspecified atom stereocenters. The van der Waals surface area contributed by atoms with Crippen LogP contribution in [0.4, 0.5) is 13.2 Å². The number of fused-ring (bicyclic) bond motifs is 1. The standard InChI is InChI=1S/C22H26F3N5O2/c1-13(2)17-11-16(22(23,24)25)19-20(28-32-21(19)26-17)15-5-4-8-29(12-15)18(31)7-10-30-9-6-14(3)27-30/h6,9,11,13,15H,4-5,7-8,10,12H2,1-3H3/t15-/m0/s1. The third kappa shape index (κ3) is 4.49. The lowest BCUT2D eigenvalue weighted by atomic mass is 9.91. The first kappa shape index (κ1) is 22.3. The maximum Gasteiger partial charge on any atom is 0.417 e. The van der Waals surface area contributed by atoms with Gasteiger partial charge >= 0.3 is 6.18 Å². The predicted molar refractivity (Wildman–Crippen MR) is 111 cm³/mol.